The van der Waals surface area contributed by atoms with Gasteiger partial charge in [-0.25, -0.2) is 0 Å². The molecule has 0 aliphatic carbocycles. The number of hydrogen-bond donors (Lipinski definition) is 0. The molecule has 1 unspecified atom stereocenters. The fourth-order valence-electron chi connectivity index (χ4n) is 2.15. The van der Waals surface area contributed by atoms with Gasteiger partial charge in [0.25, 0.3) is 5.91 Å². The van der Waals surface area contributed by atoms with Crippen LogP contribution in [0.3, 0.4) is 0 Å². The average molecular weight is 272 g/mol. The summed E-state index contributed by atoms with van der Waals surface area (Å²) in [5, 5.41) is 9.95. The summed E-state index contributed by atoms with van der Waals surface area (Å²) < 4.78 is 6.36. The lowest BCUT2D eigenvalue weighted by atomic mass is 10.2. The Bertz CT molecular complexity index is 626. The van der Waals surface area contributed by atoms with Gasteiger partial charge >= 0.3 is 0 Å². The van der Waals surface area contributed by atoms with Crippen molar-refractivity contribution in [3.8, 4) is 6.07 Å². The summed E-state index contributed by atoms with van der Waals surface area (Å²) in [6, 6.07) is 11.9. The number of amides is 1. The zero-order valence-corrected chi connectivity index (χ0v) is 11.0. The van der Waals surface area contributed by atoms with Crippen molar-refractivity contribution < 1.29 is 9.53 Å². The standard InChI is InChI=1S/C14H12N2O2S/c15-8-11-9-16(5-6-18-11)14(17)13-7-10-3-1-2-4-12(10)19-13/h1-4,7,11H,5-6,9H2. The highest BCUT2D eigenvalue weighted by Gasteiger charge is 2.25. The van der Waals surface area contributed by atoms with E-state index >= 15 is 0 Å². The van der Waals surface area contributed by atoms with Crippen molar-refractivity contribution in [1.82, 2.24) is 4.90 Å². The van der Waals surface area contributed by atoms with Crippen molar-refractivity contribution in [2.75, 3.05) is 19.7 Å². The molecule has 1 aromatic heterocycles. The molecule has 1 aliphatic rings. The number of carbonyl (C=O) groups excluding carboxylic acids is 1. The fourth-order valence-corrected chi connectivity index (χ4v) is 3.19. The first kappa shape index (κ1) is 12.2. The monoisotopic (exact) mass is 272 g/mol. The minimum Gasteiger partial charge on any atom is -0.360 e. The van der Waals surface area contributed by atoms with Gasteiger partial charge in [0.05, 0.1) is 24.1 Å². The number of nitrogens with zero attached hydrogens (tertiary/aromatic N) is 2. The van der Waals surface area contributed by atoms with Gasteiger partial charge < -0.3 is 9.64 Å². The number of fused-ring (bicyclic) bond motifs is 1. The SMILES string of the molecule is N#CC1CN(C(=O)c2cc3ccccc3s2)CCO1. The van der Waals surface area contributed by atoms with Crippen LogP contribution in [0.4, 0.5) is 0 Å². The van der Waals surface area contributed by atoms with Crippen LogP contribution < -0.4 is 0 Å². The van der Waals surface area contributed by atoms with Gasteiger partial charge in [-0.2, -0.15) is 5.26 Å². The maximum Gasteiger partial charge on any atom is 0.264 e. The molecule has 4 nitrogen and oxygen atoms in total. The van der Waals surface area contributed by atoms with Crippen LogP contribution in [0.2, 0.25) is 0 Å². The van der Waals surface area contributed by atoms with Crippen LogP contribution in [-0.2, 0) is 4.74 Å². The van der Waals surface area contributed by atoms with Crippen molar-refractivity contribution in [1.29, 1.82) is 5.26 Å². The van der Waals surface area contributed by atoms with Crippen LogP contribution in [0.5, 0.6) is 0 Å². The van der Waals surface area contributed by atoms with E-state index in [4.69, 9.17) is 10.00 Å². The topological polar surface area (TPSA) is 53.3 Å². The Labute approximate surface area is 114 Å². The number of hydrogen-bond acceptors (Lipinski definition) is 4. The molecule has 0 bridgehead atoms. The molecule has 0 radical (unpaired) electrons. The summed E-state index contributed by atoms with van der Waals surface area (Å²) in [5.41, 5.74) is 0. The Hall–Kier alpha value is -1.90. The summed E-state index contributed by atoms with van der Waals surface area (Å²) in [6.07, 6.45) is -0.507. The average Bonchev–Trinajstić information content (AvgIpc) is 2.90. The van der Waals surface area contributed by atoms with E-state index in [0.717, 1.165) is 15.0 Å². The lowest BCUT2D eigenvalue weighted by molar-refractivity contribution is 0.00370. The molecule has 1 fully saturated rings. The Morgan fingerprint density at radius 1 is 1.47 bits per heavy atom. The van der Waals surface area contributed by atoms with E-state index in [1.807, 2.05) is 30.3 Å². The second kappa shape index (κ2) is 5.00. The maximum absolute atomic E-state index is 12.4. The molecule has 96 valence electrons. The summed E-state index contributed by atoms with van der Waals surface area (Å²) in [7, 11) is 0. The van der Waals surface area contributed by atoms with E-state index in [-0.39, 0.29) is 5.91 Å². The molecule has 2 heterocycles. The van der Waals surface area contributed by atoms with Gasteiger partial charge in [0, 0.05) is 11.2 Å². The highest BCUT2D eigenvalue weighted by Crippen LogP contribution is 2.26. The van der Waals surface area contributed by atoms with Crippen LogP contribution in [-0.4, -0.2) is 36.6 Å². The van der Waals surface area contributed by atoms with E-state index in [2.05, 4.69) is 6.07 Å². The summed E-state index contributed by atoms with van der Waals surface area (Å²) in [6.45, 7) is 1.32. The van der Waals surface area contributed by atoms with Crippen molar-refractivity contribution in [2.45, 2.75) is 6.10 Å². The number of carbonyl (C=O) groups is 1. The van der Waals surface area contributed by atoms with Crippen LogP contribution in [0.15, 0.2) is 30.3 Å². The first-order chi connectivity index (χ1) is 9.28. The third-order valence-corrected chi connectivity index (χ3v) is 4.24. The van der Waals surface area contributed by atoms with Crippen LogP contribution in [0, 0.1) is 11.3 Å². The number of ether oxygens (including phenoxy) is 1. The third kappa shape index (κ3) is 2.33. The van der Waals surface area contributed by atoms with Crippen molar-refractivity contribution in [3.63, 3.8) is 0 Å². The Morgan fingerprint density at radius 2 is 2.32 bits per heavy atom. The van der Waals surface area contributed by atoms with Crippen molar-refractivity contribution in [3.05, 3.63) is 35.2 Å². The van der Waals surface area contributed by atoms with E-state index in [0.29, 0.717) is 19.7 Å². The van der Waals surface area contributed by atoms with Gasteiger partial charge in [0.1, 0.15) is 0 Å². The van der Waals surface area contributed by atoms with Gasteiger partial charge in [-0.3, -0.25) is 4.79 Å². The Morgan fingerprint density at radius 3 is 3.11 bits per heavy atom. The van der Waals surface area contributed by atoms with Gasteiger partial charge in [0.15, 0.2) is 6.10 Å². The molecule has 2 aromatic rings. The first-order valence-electron chi connectivity index (χ1n) is 6.07. The van der Waals surface area contributed by atoms with E-state index < -0.39 is 6.10 Å². The highest BCUT2D eigenvalue weighted by atomic mass is 32.1. The Kier molecular flexibility index (Phi) is 3.20. The summed E-state index contributed by atoms with van der Waals surface area (Å²) in [5.74, 6) is -0.00949. The molecule has 0 N–H and O–H groups in total. The second-order valence-electron chi connectivity index (χ2n) is 4.39. The van der Waals surface area contributed by atoms with Crippen LogP contribution >= 0.6 is 11.3 Å². The number of nitriles is 1. The Balaban J connectivity index is 1.85. The van der Waals surface area contributed by atoms with E-state index in [9.17, 15) is 4.79 Å². The highest BCUT2D eigenvalue weighted by molar-refractivity contribution is 7.20. The van der Waals surface area contributed by atoms with Crippen LogP contribution in [0.25, 0.3) is 10.1 Å². The molecule has 1 aromatic carbocycles. The quantitative estimate of drug-likeness (QED) is 0.800. The first-order valence-corrected chi connectivity index (χ1v) is 6.88. The molecule has 1 atom stereocenters. The third-order valence-electron chi connectivity index (χ3n) is 3.13. The van der Waals surface area contributed by atoms with Crippen molar-refractivity contribution in [2.24, 2.45) is 0 Å². The van der Waals surface area contributed by atoms with Gasteiger partial charge in [-0.15, -0.1) is 11.3 Å². The molecule has 19 heavy (non-hydrogen) atoms. The fraction of sp³-hybridized carbons (Fsp3) is 0.286. The van der Waals surface area contributed by atoms with E-state index in [1.165, 1.54) is 11.3 Å². The van der Waals surface area contributed by atoms with Gasteiger partial charge in [0.2, 0.25) is 0 Å². The van der Waals surface area contributed by atoms with Crippen molar-refractivity contribution >= 4 is 27.3 Å². The predicted octanol–water partition coefficient (Wildman–Crippen LogP) is 2.27. The largest absolute Gasteiger partial charge is 0.360 e. The molecular weight excluding hydrogens is 260 g/mol. The molecular formula is C14H12N2O2S. The van der Waals surface area contributed by atoms with Crippen LogP contribution in [0.1, 0.15) is 9.67 Å². The minimum absolute atomic E-state index is 0.00949. The predicted molar refractivity (Wildman–Crippen MR) is 73.1 cm³/mol. The zero-order valence-electron chi connectivity index (χ0n) is 10.2. The molecule has 3 rings (SSSR count). The summed E-state index contributed by atoms with van der Waals surface area (Å²) >= 11 is 1.49. The van der Waals surface area contributed by atoms with E-state index in [1.54, 1.807) is 4.90 Å². The normalized spacial score (nSPS) is 19.3. The molecule has 0 spiro atoms. The minimum atomic E-state index is -0.507. The second-order valence-corrected chi connectivity index (χ2v) is 5.47. The number of thiophene rings is 1. The molecule has 1 amide bonds. The number of morpholine rings is 1. The zero-order chi connectivity index (χ0) is 13.2. The smallest absolute Gasteiger partial charge is 0.264 e. The summed E-state index contributed by atoms with van der Waals surface area (Å²) in [4.78, 5) is 14.8. The van der Waals surface area contributed by atoms with Gasteiger partial charge in [-0.1, -0.05) is 18.2 Å². The number of rotatable bonds is 1. The number of benzene rings is 1. The lowest BCUT2D eigenvalue weighted by Crippen LogP contribution is -2.44. The molecule has 1 saturated heterocycles. The molecule has 5 heteroatoms. The maximum atomic E-state index is 12.4. The molecule has 1 aliphatic heterocycles. The lowest BCUT2D eigenvalue weighted by Gasteiger charge is -2.29. The molecule has 0 saturated carbocycles. The van der Waals surface area contributed by atoms with Gasteiger partial charge in [-0.05, 0) is 17.5 Å².